The first-order valence-corrected chi connectivity index (χ1v) is 5.28. The summed E-state index contributed by atoms with van der Waals surface area (Å²) in [6, 6.07) is 2.84. The van der Waals surface area contributed by atoms with Crippen LogP contribution in [0.3, 0.4) is 0 Å². The van der Waals surface area contributed by atoms with Gasteiger partial charge in [-0.25, -0.2) is 4.39 Å². The van der Waals surface area contributed by atoms with Gasteiger partial charge >= 0.3 is 0 Å². The van der Waals surface area contributed by atoms with Crippen LogP contribution in [0.15, 0.2) is 12.1 Å². The van der Waals surface area contributed by atoms with E-state index in [9.17, 15) is 9.18 Å². The summed E-state index contributed by atoms with van der Waals surface area (Å²) in [6.45, 7) is 7.46. The van der Waals surface area contributed by atoms with E-state index in [0.29, 0.717) is 5.56 Å². The number of ketones is 1. The number of carbonyl (C=O) groups excluding carboxylic acids is 1. The van der Waals surface area contributed by atoms with E-state index in [4.69, 9.17) is 0 Å². The lowest BCUT2D eigenvalue weighted by Gasteiger charge is -2.12. The predicted molar refractivity (Wildman–Crippen MR) is 59.7 cm³/mol. The Morgan fingerprint density at radius 1 is 1.33 bits per heavy atom. The van der Waals surface area contributed by atoms with Crippen LogP contribution in [-0.4, -0.2) is 5.78 Å². The lowest BCUT2D eigenvalue weighted by atomic mass is 9.91. The summed E-state index contributed by atoms with van der Waals surface area (Å²) in [5.74, 6) is -0.147. The van der Waals surface area contributed by atoms with Crippen molar-refractivity contribution in [2.24, 2.45) is 5.92 Å². The fourth-order valence-electron chi connectivity index (χ4n) is 1.73. The zero-order chi connectivity index (χ0) is 11.6. The highest BCUT2D eigenvalue weighted by Gasteiger charge is 2.18. The Morgan fingerprint density at radius 2 is 1.80 bits per heavy atom. The first-order valence-electron chi connectivity index (χ1n) is 5.28. The molecule has 0 N–H and O–H groups in total. The van der Waals surface area contributed by atoms with E-state index < -0.39 is 0 Å². The van der Waals surface area contributed by atoms with Crippen molar-refractivity contribution in [3.8, 4) is 0 Å². The van der Waals surface area contributed by atoms with Gasteiger partial charge in [-0.15, -0.1) is 0 Å². The molecule has 2 heteroatoms. The van der Waals surface area contributed by atoms with Crippen molar-refractivity contribution in [1.29, 1.82) is 0 Å². The third-order valence-corrected chi connectivity index (χ3v) is 2.80. The molecule has 0 aliphatic rings. The molecular formula is C13H17FO. The highest BCUT2D eigenvalue weighted by molar-refractivity contribution is 6.00. The van der Waals surface area contributed by atoms with E-state index in [2.05, 4.69) is 0 Å². The topological polar surface area (TPSA) is 17.1 Å². The van der Waals surface area contributed by atoms with Crippen molar-refractivity contribution in [3.63, 3.8) is 0 Å². The number of benzene rings is 1. The molecule has 0 saturated carbocycles. The average Bonchev–Trinajstić information content (AvgIpc) is 2.14. The number of halogens is 1. The molecule has 1 atom stereocenters. The quantitative estimate of drug-likeness (QED) is 0.693. The van der Waals surface area contributed by atoms with Gasteiger partial charge in [0, 0.05) is 11.5 Å². The number of rotatable bonds is 3. The van der Waals surface area contributed by atoms with Gasteiger partial charge in [0.1, 0.15) is 5.82 Å². The maximum Gasteiger partial charge on any atom is 0.166 e. The first-order chi connectivity index (χ1) is 6.97. The van der Waals surface area contributed by atoms with E-state index in [1.54, 1.807) is 13.8 Å². The van der Waals surface area contributed by atoms with Crippen LogP contribution in [0, 0.1) is 25.6 Å². The predicted octanol–water partition coefficient (Wildman–Crippen LogP) is 3.67. The maximum absolute atomic E-state index is 13.0. The van der Waals surface area contributed by atoms with Gasteiger partial charge in [-0.1, -0.05) is 13.8 Å². The fourth-order valence-corrected chi connectivity index (χ4v) is 1.73. The molecule has 1 nitrogen and oxygen atoms in total. The molecule has 0 saturated heterocycles. The van der Waals surface area contributed by atoms with Crippen molar-refractivity contribution in [2.45, 2.75) is 34.1 Å². The summed E-state index contributed by atoms with van der Waals surface area (Å²) in [5, 5.41) is 0. The maximum atomic E-state index is 13.0. The average molecular weight is 208 g/mol. The van der Waals surface area contributed by atoms with Crippen LogP contribution in [0.1, 0.15) is 41.8 Å². The Bertz CT molecular complexity index is 359. The van der Waals surface area contributed by atoms with E-state index in [1.807, 2.05) is 13.8 Å². The molecule has 82 valence electrons. The Hall–Kier alpha value is -1.18. The number of Topliss-reactive ketones (excluding diaryl/α,β-unsaturated/α-hetero) is 1. The zero-order valence-electron chi connectivity index (χ0n) is 9.73. The van der Waals surface area contributed by atoms with Gasteiger partial charge in [0.15, 0.2) is 5.78 Å². The van der Waals surface area contributed by atoms with Crippen molar-refractivity contribution in [2.75, 3.05) is 0 Å². The smallest absolute Gasteiger partial charge is 0.166 e. The van der Waals surface area contributed by atoms with Gasteiger partial charge < -0.3 is 0 Å². The lowest BCUT2D eigenvalue weighted by molar-refractivity contribution is 0.0926. The molecule has 0 aliphatic carbocycles. The molecule has 1 unspecified atom stereocenters. The summed E-state index contributed by atoms with van der Waals surface area (Å²) < 4.78 is 13.0. The first kappa shape index (κ1) is 11.9. The Kier molecular flexibility index (Phi) is 3.61. The highest BCUT2D eigenvalue weighted by Crippen LogP contribution is 2.20. The second-order valence-electron chi connectivity index (χ2n) is 4.09. The normalized spacial score (nSPS) is 12.6. The van der Waals surface area contributed by atoms with Gasteiger partial charge in [0.2, 0.25) is 0 Å². The minimum absolute atomic E-state index is 0.00728. The molecule has 1 aromatic carbocycles. The summed E-state index contributed by atoms with van der Waals surface area (Å²) >= 11 is 0. The van der Waals surface area contributed by atoms with E-state index >= 15 is 0 Å². The molecule has 0 spiro atoms. The van der Waals surface area contributed by atoms with E-state index in [-0.39, 0.29) is 17.5 Å². The van der Waals surface area contributed by atoms with E-state index in [1.165, 1.54) is 12.1 Å². The Morgan fingerprint density at radius 3 is 2.20 bits per heavy atom. The molecule has 1 rings (SSSR count). The van der Waals surface area contributed by atoms with Crippen LogP contribution in [0.25, 0.3) is 0 Å². The summed E-state index contributed by atoms with van der Waals surface area (Å²) in [6.07, 6.45) is 0.815. The van der Waals surface area contributed by atoms with Gasteiger partial charge in [0.25, 0.3) is 0 Å². The SMILES string of the molecule is CCC(C)C(=O)c1c(C)cc(F)cc1C. The second kappa shape index (κ2) is 4.56. The number of hydrogen-bond donors (Lipinski definition) is 0. The third kappa shape index (κ3) is 2.44. The number of hydrogen-bond acceptors (Lipinski definition) is 1. The van der Waals surface area contributed by atoms with Crippen LogP contribution in [0.2, 0.25) is 0 Å². The zero-order valence-corrected chi connectivity index (χ0v) is 9.73. The molecule has 0 aliphatic heterocycles. The van der Waals surface area contributed by atoms with Crippen LogP contribution >= 0.6 is 0 Å². The van der Waals surface area contributed by atoms with E-state index in [0.717, 1.165) is 17.5 Å². The molecule has 0 fully saturated rings. The van der Waals surface area contributed by atoms with Crippen molar-refractivity contribution in [3.05, 3.63) is 34.6 Å². The molecule has 1 aromatic rings. The molecule has 0 radical (unpaired) electrons. The fraction of sp³-hybridized carbons (Fsp3) is 0.462. The van der Waals surface area contributed by atoms with Gasteiger partial charge in [-0.05, 0) is 43.5 Å². The van der Waals surface area contributed by atoms with Crippen molar-refractivity contribution in [1.82, 2.24) is 0 Å². The third-order valence-electron chi connectivity index (χ3n) is 2.80. The number of carbonyl (C=O) groups is 1. The van der Waals surface area contributed by atoms with Crippen molar-refractivity contribution < 1.29 is 9.18 Å². The molecular weight excluding hydrogens is 191 g/mol. The van der Waals surface area contributed by atoms with Crippen LogP contribution in [-0.2, 0) is 0 Å². The van der Waals surface area contributed by atoms with Crippen LogP contribution in [0.5, 0.6) is 0 Å². The lowest BCUT2D eigenvalue weighted by Crippen LogP contribution is -2.13. The molecule has 0 aromatic heterocycles. The van der Waals surface area contributed by atoms with Gasteiger partial charge in [0.05, 0.1) is 0 Å². The summed E-state index contributed by atoms with van der Waals surface area (Å²) in [4.78, 5) is 12.0. The molecule has 0 amide bonds. The summed E-state index contributed by atoms with van der Waals surface area (Å²) in [5.41, 5.74) is 2.15. The minimum Gasteiger partial charge on any atom is -0.294 e. The van der Waals surface area contributed by atoms with Crippen molar-refractivity contribution >= 4 is 5.78 Å². The Labute approximate surface area is 90.3 Å². The largest absolute Gasteiger partial charge is 0.294 e. The van der Waals surface area contributed by atoms with Crippen LogP contribution < -0.4 is 0 Å². The van der Waals surface area contributed by atoms with Gasteiger partial charge in [-0.3, -0.25) is 4.79 Å². The summed E-state index contributed by atoms with van der Waals surface area (Å²) in [7, 11) is 0. The standard InChI is InChI=1S/C13H17FO/c1-5-8(2)13(15)12-9(3)6-11(14)7-10(12)4/h6-8H,5H2,1-4H3. The molecule has 0 bridgehead atoms. The number of aryl methyl sites for hydroxylation is 2. The molecule has 0 heterocycles. The van der Waals surface area contributed by atoms with Crippen LogP contribution in [0.4, 0.5) is 4.39 Å². The minimum atomic E-state index is -0.272. The Balaban J connectivity index is 3.20. The second-order valence-corrected chi connectivity index (χ2v) is 4.09. The van der Waals surface area contributed by atoms with Gasteiger partial charge in [-0.2, -0.15) is 0 Å². The monoisotopic (exact) mass is 208 g/mol. The highest BCUT2D eigenvalue weighted by atomic mass is 19.1. The molecule has 15 heavy (non-hydrogen) atoms.